The predicted molar refractivity (Wildman–Crippen MR) is 86.4 cm³/mol. The number of thioether (sulfide) groups is 1. The normalized spacial score (nSPS) is 17.8. The second-order valence-electron chi connectivity index (χ2n) is 4.92. The fraction of sp³-hybridized carbons (Fsp3) is 0.267. The lowest BCUT2D eigenvalue weighted by molar-refractivity contribution is 0.301. The van der Waals surface area contributed by atoms with Crippen molar-refractivity contribution in [3.8, 4) is 0 Å². The number of benzene rings is 1. The smallest absolute Gasteiger partial charge is 0.168 e. The number of hydrogen-bond acceptors (Lipinski definition) is 5. The van der Waals surface area contributed by atoms with Gasteiger partial charge in [-0.1, -0.05) is 29.4 Å². The van der Waals surface area contributed by atoms with Crippen molar-refractivity contribution in [2.45, 2.75) is 6.42 Å². The van der Waals surface area contributed by atoms with Crippen LogP contribution in [0.1, 0.15) is 12.0 Å². The lowest BCUT2D eigenvalue weighted by Gasteiger charge is -2.18. The van der Waals surface area contributed by atoms with E-state index in [2.05, 4.69) is 9.89 Å². The van der Waals surface area contributed by atoms with Gasteiger partial charge in [0.25, 0.3) is 0 Å². The Labute approximate surface area is 131 Å². The van der Waals surface area contributed by atoms with Crippen molar-refractivity contribution in [3.05, 3.63) is 40.0 Å². The first-order valence-corrected chi connectivity index (χ1v) is 7.99. The van der Waals surface area contributed by atoms with E-state index >= 15 is 0 Å². The summed E-state index contributed by atoms with van der Waals surface area (Å²) in [5.74, 6) is 0. The maximum atomic E-state index is 9.33. The molecular formula is C15H13ClN2O2S. The van der Waals surface area contributed by atoms with Gasteiger partial charge in [0.2, 0.25) is 0 Å². The Kier molecular flexibility index (Phi) is 3.21. The van der Waals surface area contributed by atoms with Gasteiger partial charge < -0.3 is 14.4 Å². The van der Waals surface area contributed by atoms with Crippen LogP contribution >= 0.6 is 23.4 Å². The third-order valence-corrected chi connectivity index (χ3v) is 5.19. The van der Waals surface area contributed by atoms with E-state index in [4.69, 9.17) is 16.0 Å². The number of amidine groups is 1. The molecule has 0 unspecified atom stereocenters. The standard InChI is InChI=1S/C15H13ClN2O2S/c16-11-2-1-9(10-4-8-20-14(10)11)13-12(3-7-19)21-15-17-5-6-18(13)15/h1-2,4,8,19H,3,5-7H2. The third kappa shape index (κ3) is 1.99. The first kappa shape index (κ1) is 13.2. The summed E-state index contributed by atoms with van der Waals surface area (Å²) >= 11 is 7.85. The molecule has 2 aromatic rings. The molecule has 1 aromatic heterocycles. The molecule has 0 radical (unpaired) electrons. The molecule has 21 heavy (non-hydrogen) atoms. The van der Waals surface area contributed by atoms with Crippen molar-refractivity contribution >= 4 is 45.2 Å². The number of aliphatic hydroxyl groups is 1. The molecule has 0 fully saturated rings. The number of halogens is 1. The van der Waals surface area contributed by atoms with E-state index in [0.29, 0.717) is 17.0 Å². The Bertz CT molecular complexity index is 781. The maximum Gasteiger partial charge on any atom is 0.168 e. The van der Waals surface area contributed by atoms with Gasteiger partial charge in [0.15, 0.2) is 10.8 Å². The van der Waals surface area contributed by atoms with E-state index < -0.39 is 0 Å². The fourth-order valence-electron chi connectivity index (χ4n) is 2.83. The Morgan fingerprint density at radius 3 is 3.14 bits per heavy atom. The van der Waals surface area contributed by atoms with Crippen LogP contribution in [0.15, 0.2) is 38.8 Å². The number of hydrogen-bond donors (Lipinski definition) is 1. The number of furan rings is 1. The average Bonchev–Trinajstić information content (AvgIpc) is 3.15. The second-order valence-corrected chi connectivity index (χ2v) is 6.39. The van der Waals surface area contributed by atoms with Crippen LogP contribution in [0.3, 0.4) is 0 Å². The molecule has 2 aliphatic rings. The third-order valence-electron chi connectivity index (χ3n) is 3.71. The van der Waals surface area contributed by atoms with E-state index in [1.807, 2.05) is 18.2 Å². The Hall–Kier alpha value is -1.43. The molecule has 0 saturated heterocycles. The molecule has 0 saturated carbocycles. The van der Waals surface area contributed by atoms with Crippen LogP contribution < -0.4 is 0 Å². The van der Waals surface area contributed by atoms with Gasteiger partial charge in [-0.15, -0.1) is 0 Å². The molecule has 4 rings (SSSR count). The number of fused-ring (bicyclic) bond motifs is 2. The summed E-state index contributed by atoms with van der Waals surface area (Å²) < 4.78 is 5.50. The first-order chi connectivity index (χ1) is 10.3. The highest BCUT2D eigenvalue weighted by Crippen LogP contribution is 2.45. The predicted octanol–water partition coefficient (Wildman–Crippen LogP) is 3.56. The van der Waals surface area contributed by atoms with Gasteiger partial charge in [0, 0.05) is 35.4 Å². The molecule has 1 N–H and O–H groups in total. The van der Waals surface area contributed by atoms with Gasteiger partial charge >= 0.3 is 0 Å². The topological polar surface area (TPSA) is 49.0 Å². The lowest BCUT2D eigenvalue weighted by atomic mass is 10.1. The minimum atomic E-state index is 0.134. The van der Waals surface area contributed by atoms with Crippen molar-refractivity contribution < 1.29 is 9.52 Å². The van der Waals surface area contributed by atoms with Crippen molar-refractivity contribution in [3.63, 3.8) is 0 Å². The van der Waals surface area contributed by atoms with E-state index in [-0.39, 0.29) is 6.61 Å². The zero-order valence-corrected chi connectivity index (χ0v) is 12.7. The second kappa shape index (κ2) is 5.09. The van der Waals surface area contributed by atoms with Crippen LogP contribution in [-0.2, 0) is 0 Å². The SMILES string of the molecule is OCCC1=C(c2ccc(Cl)c3occc23)N2CCN=C2S1. The fourth-order valence-corrected chi connectivity index (χ4v) is 4.22. The molecule has 4 nitrogen and oxygen atoms in total. The van der Waals surface area contributed by atoms with Crippen molar-refractivity contribution in [1.82, 2.24) is 4.90 Å². The average molecular weight is 321 g/mol. The summed E-state index contributed by atoms with van der Waals surface area (Å²) in [7, 11) is 0. The van der Waals surface area contributed by atoms with Crippen LogP contribution in [0.5, 0.6) is 0 Å². The Morgan fingerprint density at radius 1 is 1.38 bits per heavy atom. The van der Waals surface area contributed by atoms with Crippen molar-refractivity contribution in [2.75, 3.05) is 19.7 Å². The van der Waals surface area contributed by atoms with Gasteiger partial charge in [-0.3, -0.25) is 4.99 Å². The summed E-state index contributed by atoms with van der Waals surface area (Å²) in [4.78, 5) is 7.90. The molecule has 0 bridgehead atoms. The van der Waals surface area contributed by atoms with Crippen LogP contribution in [0.25, 0.3) is 16.7 Å². The summed E-state index contributed by atoms with van der Waals surface area (Å²) in [6.07, 6.45) is 2.30. The zero-order valence-electron chi connectivity index (χ0n) is 11.2. The van der Waals surface area contributed by atoms with Crippen molar-refractivity contribution in [2.24, 2.45) is 4.99 Å². The molecule has 3 heterocycles. The first-order valence-electron chi connectivity index (χ1n) is 6.79. The minimum Gasteiger partial charge on any atom is -0.463 e. The van der Waals surface area contributed by atoms with Gasteiger partial charge in [-0.2, -0.15) is 0 Å². The summed E-state index contributed by atoms with van der Waals surface area (Å²) in [6, 6.07) is 5.83. The van der Waals surface area contributed by atoms with E-state index in [1.54, 1.807) is 18.0 Å². The molecular weight excluding hydrogens is 308 g/mol. The van der Waals surface area contributed by atoms with Gasteiger partial charge in [0.05, 0.1) is 23.5 Å². The quantitative estimate of drug-likeness (QED) is 0.939. The minimum absolute atomic E-state index is 0.134. The molecule has 0 amide bonds. The number of rotatable bonds is 3. The molecule has 1 aromatic carbocycles. The zero-order chi connectivity index (χ0) is 14.4. The van der Waals surface area contributed by atoms with Gasteiger partial charge in [-0.25, -0.2) is 0 Å². The molecule has 0 spiro atoms. The highest BCUT2D eigenvalue weighted by Gasteiger charge is 2.33. The molecule has 6 heteroatoms. The molecule has 0 atom stereocenters. The van der Waals surface area contributed by atoms with E-state index in [1.165, 1.54) is 0 Å². The Morgan fingerprint density at radius 2 is 2.29 bits per heavy atom. The highest BCUT2D eigenvalue weighted by molar-refractivity contribution is 8.17. The van der Waals surface area contributed by atoms with Gasteiger partial charge in [0.1, 0.15) is 0 Å². The summed E-state index contributed by atoms with van der Waals surface area (Å²) in [5.41, 5.74) is 2.93. The van der Waals surface area contributed by atoms with Crippen LogP contribution in [-0.4, -0.2) is 34.9 Å². The Balaban J connectivity index is 1.92. The lowest BCUT2D eigenvalue weighted by Crippen LogP contribution is -2.20. The van der Waals surface area contributed by atoms with Crippen LogP contribution in [0, 0.1) is 0 Å². The molecule has 2 aliphatic heterocycles. The van der Waals surface area contributed by atoms with E-state index in [0.717, 1.165) is 39.8 Å². The van der Waals surface area contributed by atoms with E-state index in [9.17, 15) is 5.11 Å². The number of nitrogens with zero attached hydrogens (tertiary/aromatic N) is 2. The number of aliphatic imine (C=N–C) groups is 1. The van der Waals surface area contributed by atoms with Gasteiger partial charge in [-0.05, 0) is 12.1 Å². The van der Waals surface area contributed by atoms with Crippen LogP contribution in [0.4, 0.5) is 0 Å². The monoisotopic (exact) mass is 320 g/mol. The maximum absolute atomic E-state index is 9.33. The largest absolute Gasteiger partial charge is 0.463 e. The molecule has 108 valence electrons. The highest BCUT2D eigenvalue weighted by atomic mass is 35.5. The number of aliphatic hydroxyl groups excluding tert-OH is 1. The summed E-state index contributed by atoms with van der Waals surface area (Å²) in [5, 5.41) is 12.0. The van der Waals surface area contributed by atoms with Crippen molar-refractivity contribution in [1.29, 1.82) is 0 Å². The summed E-state index contributed by atoms with van der Waals surface area (Å²) in [6.45, 7) is 1.84. The molecule has 0 aliphatic carbocycles. The van der Waals surface area contributed by atoms with Crippen LogP contribution in [0.2, 0.25) is 5.02 Å².